The van der Waals surface area contributed by atoms with Crippen LogP contribution in [0.25, 0.3) is 0 Å². The molecule has 2 heterocycles. The molecular weight excluding hydrogens is 248 g/mol. The summed E-state index contributed by atoms with van der Waals surface area (Å²) in [5, 5.41) is 3.56. The molecule has 3 heteroatoms. The van der Waals surface area contributed by atoms with E-state index in [-0.39, 0.29) is 5.91 Å². The lowest BCUT2D eigenvalue weighted by Crippen LogP contribution is -2.46. The van der Waals surface area contributed by atoms with E-state index in [1.807, 2.05) is 23.1 Å². The lowest BCUT2D eigenvalue weighted by Gasteiger charge is -2.33. The van der Waals surface area contributed by atoms with Crippen LogP contribution in [-0.2, 0) is 5.66 Å². The van der Waals surface area contributed by atoms with E-state index in [0.29, 0.717) is 0 Å². The fraction of sp³-hybridized carbons (Fsp3) is 0.235. The zero-order valence-corrected chi connectivity index (χ0v) is 11.4. The van der Waals surface area contributed by atoms with Crippen molar-refractivity contribution in [2.75, 3.05) is 13.1 Å². The summed E-state index contributed by atoms with van der Waals surface area (Å²) in [7, 11) is 0. The van der Waals surface area contributed by atoms with Gasteiger partial charge in [0.25, 0.3) is 5.91 Å². The summed E-state index contributed by atoms with van der Waals surface area (Å²) in [5.41, 5.74) is 3.79. The van der Waals surface area contributed by atoms with E-state index in [1.54, 1.807) is 0 Å². The van der Waals surface area contributed by atoms with E-state index in [2.05, 4.69) is 42.6 Å². The first-order valence-electron chi connectivity index (χ1n) is 6.97. The predicted octanol–water partition coefficient (Wildman–Crippen LogP) is 2.26. The molecule has 3 nitrogen and oxygen atoms in total. The van der Waals surface area contributed by atoms with E-state index in [1.165, 1.54) is 5.56 Å². The highest BCUT2D eigenvalue weighted by atomic mass is 16.2. The van der Waals surface area contributed by atoms with Gasteiger partial charge in [0, 0.05) is 24.2 Å². The summed E-state index contributed by atoms with van der Waals surface area (Å²) >= 11 is 0. The normalized spacial score (nSPS) is 23.9. The van der Waals surface area contributed by atoms with Crippen molar-refractivity contribution in [1.82, 2.24) is 10.2 Å². The molecule has 2 aliphatic heterocycles. The van der Waals surface area contributed by atoms with E-state index >= 15 is 0 Å². The molecule has 1 amide bonds. The number of amides is 1. The minimum Gasteiger partial charge on any atom is -0.311 e. The van der Waals surface area contributed by atoms with E-state index in [4.69, 9.17) is 0 Å². The number of benzene rings is 2. The first-order valence-corrected chi connectivity index (χ1v) is 6.97. The molecule has 1 saturated heterocycles. The van der Waals surface area contributed by atoms with Gasteiger partial charge in [-0.3, -0.25) is 10.1 Å². The Hall–Kier alpha value is -2.13. The standard InChI is InChI=1S/C17H16N2O/c1-12-6-8-13(9-7-12)17-15-5-3-2-4-14(15)16(20)19(17)11-10-18-17/h2-9,18H,10-11H2,1H3/t17-/m0/s1. The molecule has 1 atom stereocenters. The van der Waals surface area contributed by atoms with E-state index < -0.39 is 5.66 Å². The number of hydrogen-bond acceptors (Lipinski definition) is 2. The summed E-state index contributed by atoms with van der Waals surface area (Å²) in [4.78, 5) is 14.6. The molecule has 2 aromatic carbocycles. The molecule has 100 valence electrons. The number of rotatable bonds is 1. The number of hydrogen-bond donors (Lipinski definition) is 1. The second-order valence-electron chi connectivity index (χ2n) is 5.51. The van der Waals surface area contributed by atoms with Gasteiger partial charge in [-0.05, 0) is 18.6 Å². The monoisotopic (exact) mass is 264 g/mol. The number of aryl methyl sites for hydroxylation is 1. The van der Waals surface area contributed by atoms with E-state index in [0.717, 1.165) is 29.8 Å². The van der Waals surface area contributed by atoms with Crippen LogP contribution < -0.4 is 5.32 Å². The van der Waals surface area contributed by atoms with Crippen LogP contribution in [0, 0.1) is 6.92 Å². The van der Waals surface area contributed by atoms with Crippen molar-refractivity contribution in [2.24, 2.45) is 0 Å². The fourth-order valence-electron chi connectivity index (χ4n) is 3.44. The highest BCUT2D eigenvalue weighted by Gasteiger charge is 2.53. The van der Waals surface area contributed by atoms with Crippen LogP contribution in [0.2, 0.25) is 0 Å². The van der Waals surface area contributed by atoms with Gasteiger partial charge in [-0.2, -0.15) is 0 Å². The lowest BCUT2D eigenvalue weighted by atomic mass is 9.91. The van der Waals surface area contributed by atoms with Crippen molar-refractivity contribution in [3.63, 3.8) is 0 Å². The number of fused-ring (bicyclic) bond motifs is 3. The maximum absolute atomic E-state index is 12.6. The second kappa shape index (κ2) is 3.93. The van der Waals surface area contributed by atoms with Crippen molar-refractivity contribution in [3.05, 3.63) is 70.8 Å². The molecule has 0 aromatic heterocycles. The fourth-order valence-corrected chi connectivity index (χ4v) is 3.44. The Morgan fingerprint density at radius 2 is 1.85 bits per heavy atom. The van der Waals surface area contributed by atoms with Crippen LogP contribution in [0.1, 0.15) is 27.0 Å². The molecule has 0 bridgehead atoms. The second-order valence-corrected chi connectivity index (χ2v) is 5.51. The van der Waals surface area contributed by atoms with Gasteiger partial charge >= 0.3 is 0 Å². The summed E-state index contributed by atoms with van der Waals surface area (Å²) in [6.07, 6.45) is 0. The van der Waals surface area contributed by atoms with Crippen LogP contribution in [0.3, 0.4) is 0 Å². The van der Waals surface area contributed by atoms with Gasteiger partial charge in [-0.25, -0.2) is 0 Å². The molecule has 4 rings (SSSR count). The molecule has 1 N–H and O–H groups in total. The average Bonchev–Trinajstić information content (AvgIpc) is 3.01. The predicted molar refractivity (Wildman–Crippen MR) is 77.4 cm³/mol. The van der Waals surface area contributed by atoms with Crippen LogP contribution in [0.4, 0.5) is 0 Å². The Balaban J connectivity index is 1.99. The Labute approximate surface area is 118 Å². The van der Waals surface area contributed by atoms with Crippen LogP contribution in [-0.4, -0.2) is 23.9 Å². The van der Waals surface area contributed by atoms with Gasteiger partial charge in [0.05, 0.1) is 0 Å². The van der Waals surface area contributed by atoms with Gasteiger partial charge in [0.2, 0.25) is 0 Å². The highest BCUT2D eigenvalue weighted by Crippen LogP contribution is 2.44. The Bertz CT molecular complexity index is 692. The third-order valence-corrected chi connectivity index (χ3v) is 4.38. The number of carbonyl (C=O) groups is 1. The third kappa shape index (κ3) is 1.30. The molecule has 0 spiro atoms. The molecule has 20 heavy (non-hydrogen) atoms. The van der Waals surface area contributed by atoms with Crippen LogP contribution in [0.5, 0.6) is 0 Å². The van der Waals surface area contributed by atoms with Crippen molar-refractivity contribution >= 4 is 5.91 Å². The zero-order valence-electron chi connectivity index (χ0n) is 11.4. The average molecular weight is 264 g/mol. The minimum atomic E-state index is -0.471. The topological polar surface area (TPSA) is 32.3 Å². The first-order chi connectivity index (χ1) is 9.73. The Morgan fingerprint density at radius 1 is 1.10 bits per heavy atom. The molecule has 0 radical (unpaired) electrons. The van der Waals surface area contributed by atoms with Crippen molar-refractivity contribution < 1.29 is 4.79 Å². The zero-order chi connectivity index (χ0) is 13.7. The molecule has 0 unspecified atom stereocenters. The quantitative estimate of drug-likeness (QED) is 0.857. The van der Waals surface area contributed by atoms with Gasteiger partial charge in [0.15, 0.2) is 0 Å². The summed E-state index contributed by atoms with van der Waals surface area (Å²) in [5.74, 6) is 0.131. The van der Waals surface area contributed by atoms with Gasteiger partial charge in [-0.15, -0.1) is 0 Å². The molecular formula is C17H16N2O. The largest absolute Gasteiger partial charge is 0.311 e. The SMILES string of the molecule is Cc1ccc([C@]23NCCN2C(=O)c2ccccc23)cc1. The molecule has 2 aliphatic rings. The molecule has 2 aromatic rings. The lowest BCUT2D eigenvalue weighted by molar-refractivity contribution is 0.0694. The van der Waals surface area contributed by atoms with Gasteiger partial charge < -0.3 is 4.90 Å². The van der Waals surface area contributed by atoms with Crippen LogP contribution in [0.15, 0.2) is 48.5 Å². The summed E-state index contributed by atoms with van der Waals surface area (Å²) in [6, 6.07) is 16.4. The maximum atomic E-state index is 12.6. The molecule has 0 aliphatic carbocycles. The smallest absolute Gasteiger partial charge is 0.256 e. The maximum Gasteiger partial charge on any atom is 0.256 e. The van der Waals surface area contributed by atoms with Crippen LogP contribution >= 0.6 is 0 Å². The van der Waals surface area contributed by atoms with Crippen molar-refractivity contribution in [2.45, 2.75) is 12.6 Å². The number of nitrogens with one attached hydrogen (secondary N) is 1. The van der Waals surface area contributed by atoms with Gasteiger partial charge in [-0.1, -0.05) is 48.0 Å². The van der Waals surface area contributed by atoms with E-state index in [9.17, 15) is 4.79 Å². The number of carbonyl (C=O) groups excluding carboxylic acids is 1. The highest BCUT2D eigenvalue weighted by molar-refractivity contribution is 6.01. The third-order valence-electron chi connectivity index (χ3n) is 4.38. The van der Waals surface area contributed by atoms with Crippen molar-refractivity contribution in [3.8, 4) is 0 Å². The molecule has 1 fully saturated rings. The minimum absolute atomic E-state index is 0.131. The molecule has 0 saturated carbocycles. The van der Waals surface area contributed by atoms with Gasteiger partial charge in [0.1, 0.15) is 5.66 Å². The van der Waals surface area contributed by atoms with Crippen molar-refractivity contribution in [1.29, 1.82) is 0 Å². The number of nitrogens with zero attached hydrogens (tertiary/aromatic N) is 1. The first kappa shape index (κ1) is 11.7. The Morgan fingerprint density at radius 3 is 2.65 bits per heavy atom. The summed E-state index contributed by atoms with van der Waals surface area (Å²) in [6.45, 7) is 3.66. The summed E-state index contributed by atoms with van der Waals surface area (Å²) < 4.78 is 0. The Kier molecular flexibility index (Phi) is 2.30.